The maximum absolute atomic E-state index is 12.5. The molecule has 1 aliphatic rings. The topological polar surface area (TPSA) is 63.2 Å². The van der Waals surface area contributed by atoms with Crippen LogP contribution in [0, 0.1) is 5.92 Å². The Kier molecular flexibility index (Phi) is 4.08. The third-order valence-corrected chi connectivity index (χ3v) is 4.39. The van der Waals surface area contributed by atoms with Crippen LogP contribution < -0.4 is 5.32 Å². The zero-order chi connectivity index (χ0) is 15.7. The third-order valence-electron chi connectivity index (χ3n) is 2.93. The highest BCUT2D eigenvalue weighted by molar-refractivity contribution is 7.94. The molecule has 1 atom stereocenters. The molecule has 1 aromatic rings. The molecule has 0 saturated heterocycles. The Labute approximate surface area is 119 Å². The summed E-state index contributed by atoms with van der Waals surface area (Å²) in [6.45, 7) is 0. The van der Waals surface area contributed by atoms with Gasteiger partial charge >= 0.3 is 6.18 Å². The number of amides is 1. The molecule has 1 N–H and O–H groups in total. The molecule has 0 radical (unpaired) electrons. The molecule has 0 fully saturated rings. The second-order valence-corrected chi connectivity index (χ2v) is 6.68. The number of alkyl halides is 3. The van der Waals surface area contributed by atoms with E-state index in [-0.39, 0.29) is 17.9 Å². The third kappa shape index (κ3) is 4.32. The number of sulfone groups is 1. The van der Waals surface area contributed by atoms with Crippen LogP contribution in [-0.4, -0.2) is 20.1 Å². The van der Waals surface area contributed by atoms with Crippen molar-refractivity contribution in [3.63, 3.8) is 0 Å². The SMILES string of the molecule is O=C(C[C@@H]1C=CS(=O)(=O)C1)Nc1cccc(C(F)(F)F)c1. The Balaban J connectivity index is 1.99. The molecule has 0 saturated carbocycles. The number of nitrogens with one attached hydrogen (secondary N) is 1. The van der Waals surface area contributed by atoms with Crippen molar-refractivity contribution < 1.29 is 26.4 Å². The second-order valence-electron chi connectivity index (χ2n) is 4.75. The van der Waals surface area contributed by atoms with Gasteiger partial charge in [-0.15, -0.1) is 0 Å². The first kappa shape index (κ1) is 15.6. The molecule has 0 aliphatic carbocycles. The van der Waals surface area contributed by atoms with Gasteiger partial charge in [0.1, 0.15) is 0 Å². The molecule has 1 amide bonds. The van der Waals surface area contributed by atoms with Crippen molar-refractivity contribution in [2.75, 3.05) is 11.1 Å². The number of rotatable bonds is 3. The van der Waals surface area contributed by atoms with Gasteiger partial charge in [-0.2, -0.15) is 13.2 Å². The van der Waals surface area contributed by atoms with Gasteiger partial charge in [-0.1, -0.05) is 12.1 Å². The van der Waals surface area contributed by atoms with Gasteiger partial charge < -0.3 is 5.32 Å². The lowest BCUT2D eigenvalue weighted by Crippen LogP contribution is -2.18. The lowest BCUT2D eigenvalue weighted by molar-refractivity contribution is -0.137. The Morgan fingerprint density at radius 2 is 2.05 bits per heavy atom. The van der Waals surface area contributed by atoms with Crippen molar-refractivity contribution in [1.29, 1.82) is 0 Å². The average molecular weight is 319 g/mol. The number of halogens is 3. The van der Waals surface area contributed by atoms with E-state index >= 15 is 0 Å². The zero-order valence-electron chi connectivity index (χ0n) is 10.7. The van der Waals surface area contributed by atoms with E-state index in [4.69, 9.17) is 0 Å². The highest BCUT2D eigenvalue weighted by Crippen LogP contribution is 2.30. The second kappa shape index (κ2) is 5.51. The number of allylic oxidation sites excluding steroid dienone is 1. The summed E-state index contributed by atoms with van der Waals surface area (Å²) in [5, 5.41) is 3.39. The number of hydrogen-bond acceptors (Lipinski definition) is 3. The fourth-order valence-electron chi connectivity index (χ4n) is 1.99. The van der Waals surface area contributed by atoms with E-state index in [0.717, 1.165) is 17.5 Å². The minimum Gasteiger partial charge on any atom is -0.326 e. The summed E-state index contributed by atoms with van der Waals surface area (Å²) < 4.78 is 60.0. The van der Waals surface area contributed by atoms with Crippen LogP contribution in [0.2, 0.25) is 0 Å². The summed E-state index contributed by atoms with van der Waals surface area (Å²) in [5.74, 6) is -1.12. The first-order valence-corrected chi connectivity index (χ1v) is 7.75. The maximum atomic E-state index is 12.5. The summed E-state index contributed by atoms with van der Waals surface area (Å²) >= 11 is 0. The van der Waals surface area contributed by atoms with Crippen molar-refractivity contribution in [2.24, 2.45) is 5.92 Å². The first-order valence-electron chi connectivity index (χ1n) is 6.04. The molecule has 0 bridgehead atoms. The van der Waals surface area contributed by atoms with Crippen LogP contribution >= 0.6 is 0 Å². The molecule has 0 spiro atoms. The van der Waals surface area contributed by atoms with Gasteiger partial charge in [0.05, 0.1) is 11.3 Å². The number of carbonyl (C=O) groups is 1. The fourth-order valence-corrected chi connectivity index (χ4v) is 3.39. The van der Waals surface area contributed by atoms with Crippen molar-refractivity contribution in [2.45, 2.75) is 12.6 Å². The largest absolute Gasteiger partial charge is 0.416 e. The van der Waals surface area contributed by atoms with Gasteiger partial charge in [-0.25, -0.2) is 8.42 Å². The zero-order valence-corrected chi connectivity index (χ0v) is 11.5. The van der Waals surface area contributed by atoms with E-state index in [0.29, 0.717) is 0 Å². The predicted molar refractivity (Wildman–Crippen MR) is 71.1 cm³/mol. The first-order chi connectivity index (χ1) is 9.66. The summed E-state index contributed by atoms with van der Waals surface area (Å²) in [6, 6.07) is 4.27. The number of carbonyl (C=O) groups excluding carboxylic acids is 1. The van der Waals surface area contributed by atoms with E-state index in [1.165, 1.54) is 18.2 Å². The Hall–Kier alpha value is -1.83. The van der Waals surface area contributed by atoms with Crippen LogP contribution in [0.25, 0.3) is 0 Å². The monoisotopic (exact) mass is 319 g/mol. The van der Waals surface area contributed by atoms with Gasteiger partial charge in [0.15, 0.2) is 9.84 Å². The van der Waals surface area contributed by atoms with Gasteiger partial charge in [0.2, 0.25) is 5.91 Å². The van der Waals surface area contributed by atoms with Crippen molar-refractivity contribution in [3.05, 3.63) is 41.3 Å². The van der Waals surface area contributed by atoms with Crippen molar-refractivity contribution >= 4 is 21.4 Å². The van der Waals surface area contributed by atoms with Crippen molar-refractivity contribution in [1.82, 2.24) is 0 Å². The molecular formula is C13H12F3NO3S. The van der Waals surface area contributed by atoms with Gasteiger partial charge in [-0.05, 0) is 18.2 Å². The molecule has 4 nitrogen and oxygen atoms in total. The van der Waals surface area contributed by atoms with E-state index < -0.39 is 33.4 Å². The van der Waals surface area contributed by atoms with Crippen LogP contribution in [0.4, 0.5) is 18.9 Å². The number of benzene rings is 1. The minimum atomic E-state index is -4.48. The van der Waals surface area contributed by atoms with Gasteiger partial charge in [0, 0.05) is 23.4 Å². The highest BCUT2D eigenvalue weighted by atomic mass is 32.2. The highest BCUT2D eigenvalue weighted by Gasteiger charge is 2.30. The molecule has 0 aromatic heterocycles. The van der Waals surface area contributed by atoms with Crippen LogP contribution in [0.3, 0.4) is 0 Å². The Bertz CT molecular complexity index is 680. The Morgan fingerprint density at radius 3 is 2.62 bits per heavy atom. The smallest absolute Gasteiger partial charge is 0.326 e. The Morgan fingerprint density at radius 1 is 1.33 bits per heavy atom. The fraction of sp³-hybridized carbons (Fsp3) is 0.308. The summed E-state index contributed by atoms with van der Waals surface area (Å²) in [5.41, 5.74) is -0.830. The molecule has 2 rings (SSSR count). The minimum absolute atomic E-state index is 0.0275. The van der Waals surface area contributed by atoms with Crippen LogP contribution in [0.1, 0.15) is 12.0 Å². The van der Waals surface area contributed by atoms with Gasteiger partial charge in [-0.3, -0.25) is 4.79 Å². The molecular weight excluding hydrogens is 307 g/mol. The lowest BCUT2D eigenvalue weighted by Gasteiger charge is -2.11. The van der Waals surface area contributed by atoms with Crippen molar-refractivity contribution in [3.8, 4) is 0 Å². The average Bonchev–Trinajstić information content (AvgIpc) is 2.67. The molecule has 0 unspecified atom stereocenters. The predicted octanol–water partition coefficient (Wildman–Crippen LogP) is 2.59. The van der Waals surface area contributed by atoms with Crippen LogP contribution in [0.5, 0.6) is 0 Å². The molecule has 8 heteroatoms. The molecule has 114 valence electrons. The standard InChI is InChI=1S/C13H12F3NO3S/c14-13(15,16)10-2-1-3-11(7-10)17-12(18)6-9-4-5-21(19,20)8-9/h1-5,7,9H,6,8H2,(H,17,18)/t9-/m0/s1. The normalized spacial score (nSPS) is 20.4. The van der Waals surface area contributed by atoms with Crippen LogP contribution in [0.15, 0.2) is 35.7 Å². The van der Waals surface area contributed by atoms with E-state index in [9.17, 15) is 26.4 Å². The number of anilines is 1. The molecule has 1 aliphatic heterocycles. The number of hydrogen-bond donors (Lipinski definition) is 1. The van der Waals surface area contributed by atoms with E-state index in [1.807, 2.05) is 0 Å². The van der Waals surface area contributed by atoms with Crippen LogP contribution in [-0.2, 0) is 20.8 Å². The lowest BCUT2D eigenvalue weighted by atomic mass is 10.1. The summed E-state index contributed by atoms with van der Waals surface area (Å²) in [4.78, 5) is 11.7. The van der Waals surface area contributed by atoms with Gasteiger partial charge in [0.25, 0.3) is 0 Å². The van der Waals surface area contributed by atoms with E-state index in [2.05, 4.69) is 5.32 Å². The quantitative estimate of drug-likeness (QED) is 0.931. The summed E-state index contributed by atoms with van der Waals surface area (Å²) in [6.07, 6.45) is -3.16. The molecule has 21 heavy (non-hydrogen) atoms. The summed E-state index contributed by atoms with van der Waals surface area (Å²) in [7, 11) is -3.25. The molecule has 1 aromatic carbocycles. The maximum Gasteiger partial charge on any atom is 0.416 e. The molecule has 1 heterocycles. The van der Waals surface area contributed by atoms with E-state index in [1.54, 1.807) is 0 Å².